The molecule has 0 aliphatic heterocycles. The molecule has 2 heterocycles. The Hall–Kier alpha value is -1.73. The van der Waals surface area contributed by atoms with E-state index >= 15 is 0 Å². The summed E-state index contributed by atoms with van der Waals surface area (Å²) >= 11 is 1.12. The van der Waals surface area contributed by atoms with E-state index in [9.17, 15) is 9.90 Å². The topological polar surface area (TPSA) is 85.5 Å². The summed E-state index contributed by atoms with van der Waals surface area (Å²) in [5.74, 6) is -0.264. The molecule has 0 spiro atoms. The molecule has 0 saturated carbocycles. The predicted octanol–water partition coefficient (Wildman–Crippen LogP) is 2.30. The van der Waals surface area contributed by atoms with Gasteiger partial charge in [-0.25, -0.2) is 4.79 Å². The smallest absolute Gasteiger partial charge is 0.373 e. The number of carbonyl (C=O) groups is 1. The van der Waals surface area contributed by atoms with E-state index in [0.717, 1.165) is 11.5 Å². The highest BCUT2D eigenvalue weighted by Gasteiger charge is 2.29. The van der Waals surface area contributed by atoms with Crippen molar-refractivity contribution in [3.63, 3.8) is 0 Å². The highest BCUT2D eigenvalue weighted by atomic mass is 32.1. The highest BCUT2D eigenvalue weighted by Crippen LogP contribution is 2.34. The number of aromatic nitrogens is 2. The molecule has 6 nitrogen and oxygen atoms in total. The number of methoxy groups -OCH3 is 1. The second-order valence-corrected chi connectivity index (χ2v) is 6.12. The first kappa shape index (κ1) is 14.7. The summed E-state index contributed by atoms with van der Waals surface area (Å²) in [5, 5.41) is 14.4. The lowest BCUT2D eigenvalue weighted by atomic mass is 9.90. The number of nitrogens with zero attached hydrogens (tertiary/aromatic N) is 2. The Labute approximate surface area is 120 Å². The molecule has 0 aliphatic rings. The maximum Gasteiger partial charge on any atom is 0.373 e. The average Bonchev–Trinajstić information content (AvgIpc) is 3.04. The number of aliphatic hydroxyl groups excluding tert-OH is 1. The third-order valence-electron chi connectivity index (χ3n) is 2.76. The second-order valence-electron chi connectivity index (χ2n) is 5.33. The summed E-state index contributed by atoms with van der Waals surface area (Å²) in [4.78, 5) is 12.0. The Bertz CT molecular complexity index is 612. The van der Waals surface area contributed by atoms with Crippen LogP contribution >= 0.6 is 11.5 Å². The van der Waals surface area contributed by atoms with Crippen molar-refractivity contribution in [1.82, 2.24) is 9.59 Å². The zero-order chi connectivity index (χ0) is 14.9. The van der Waals surface area contributed by atoms with Crippen molar-refractivity contribution < 1.29 is 19.1 Å². The molecular weight excluding hydrogens is 280 g/mol. The number of aliphatic hydroxyl groups is 1. The fraction of sp³-hybridized carbons (Fsp3) is 0.462. The molecule has 0 amide bonds. The van der Waals surface area contributed by atoms with Crippen molar-refractivity contribution in [1.29, 1.82) is 0 Å². The molecule has 2 aromatic heterocycles. The molecular formula is C13H16N2O4S. The van der Waals surface area contributed by atoms with Gasteiger partial charge in [-0.2, -0.15) is 0 Å². The van der Waals surface area contributed by atoms with Gasteiger partial charge in [0, 0.05) is 5.41 Å². The molecule has 2 aromatic rings. The molecule has 0 aromatic carbocycles. The first-order chi connectivity index (χ1) is 9.34. The quantitative estimate of drug-likeness (QED) is 0.875. The maximum atomic E-state index is 11.3. The summed E-state index contributed by atoms with van der Waals surface area (Å²) < 4.78 is 13.8. The van der Waals surface area contributed by atoms with Crippen molar-refractivity contribution in [3.8, 4) is 0 Å². The molecule has 0 radical (unpaired) electrons. The standard InChI is InChI=1S/C13H16N2O4S/c1-13(2,3)11-10(20-15-14-11)9(16)7-5-6-8(19-7)12(17)18-4/h5-6,9,16H,1-4H3. The van der Waals surface area contributed by atoms with Gasteiger partial charge in [-0.05, 0) is 23.7 Å². The van der Waals surface area contributed by atoms with Crippen LogP contribution in [0.4, 0.5) is 0 Å². The zero-order valence-electron chi connectivity index (χ0n) is 11.7. The van der Waals surface area contributed by atoms with Gasteiger partial charge in [-0.1, -0.05) is 25.3 Å². The van der Waals surface area contributed by atoms with Gasteiger partial charge < -0.3 is 14.3 Å². The fourth-order valence-corrected chi connectivity index (χ4v) is 2.60. The lowest BCUT2D eigenvalue weighted by molar-refractivity contribution is 0.0558. The van der Waals surface area contributed by atoms with Crippen molar-refractivity contribution >= 4 is 17.5 Å². The van der Waals surface area contributed by atoms with Crippen LogP contribution in [0.1, 0.15) is 53.8 Å². The third-order valence-corrected chi connectivity index (χ3v) is 3.53. The molecule has 0 bridgehead atoms. The van der Waals surface area contributed by atoms with Crippen LogP contribution < -0.4 is 0 Å². The number of ether oxygens (including phenoxy) is 1. The van der Waals surface area contributed by atoms with Crippen LogP contribution in [0, 0.1) is 0 Å². The Balaban J connectivity index is 2.33. The van der Waals surface area contributed by atoms with Gasteiger partial charge in [0.15, 0.2) is 0 Å². The summed E-state index contributed by atoms with van der Waals surface area (Å²) in [6.45, 7) is 5.96. The highest BCUT2D eigenvalue weighted by molar-refractivity contribution is 7.05. The number of furan rings is 1. The van der Waals surface area contributed by atoms with E-state index in [0.29, 0.717) is 10.6 Å². The molecule has 1 N–H and O–H groups in total. The first-order valence-electron chi connectivity index (χ1n) is 6.03. The van der Waals surface area contributed by atoms with Gasteiger partial charge in [0.05, 0.1) is 17.7 Å². The normalized spacial score (nSPS) is 13.2. The second kappa shape index (κ2) is 5.34. The number of carbonyl (C=O) groups excluding carboxylic acids is 1. The van der Waals surface area contributed by atoms with E-state index in [1.54, 1.807) is 6.07 Å². The van der Waals surface area contributed by atoms with E-state index in [1.807, 2.05) is 20.8 Å². The number of esters is 1. The number of hydrogen-bond acceptors (Lipinski definition) is 7. The van der Waals surface area contributed by atoms with Crippen molar-refractivity contribution in [2.24, 2.45) is 0 Å². The van der Waals surface area contributed by atoms with Crippen LogP contribution in [0.5, 0.6) is 0 Å². The number of hydrogen-bond donors (Lipinski definition) is 1. The zero-order valence-corrected chi connectivity index (χ0v) is 12.5. The predicted molar refractivity (Wildman–Crippen MR) is 72.7 cm³/mol. The van der Waals surface area contributed by atoms with Crippen LogP contribution in [0.25, 0.3) is 0 Å². The van der Waals surface area contributed by atoms with E-state index in [-0.39, 0.29) is 16.9 Å². The lowest BCUT2D eigenvalue weighted by Crippen LogP contribution is -2.15. The Morgan fingerprint density at radius 2 is 2.15 bits per heavy atom. The molecule has 7 heteroatoms. The van der Waals surface area contributed by atoms with Crippen molar-refractivity contribution in [2.45, 2.75) is 32.3 Å². The fourth-order valence-electron chi connectivity index (χ4n) is 1.74. The molecule has 108 valence electrons. The summed E-state index contributed by atoms with van der Waals surface area (Å²) in [6.07, 6.45) is -0.998. The van der Waals surface area contributed by atoms with E-state index in [2.05, 4.69) is 14.3 Å². The van der Waals surface area contributed by atoms with E-state index < -0.39 is 12.1 Å². The first-order valence-corrected chi connectivity index (χ1v) is 6.80. The van der Waals surface area contributed by atoms with Crippen LogP contribution in [-0.4, -0.2) is 27.8 Å². The molecule has 1 atom stereocenters. The Kier molecular flexibility index (Phi) is 3.92. The minimum atomic E-state index is -0.998. The third kappa shape index (κ3) is 2.73. The van der Waals surface area contributed by atoms with Crippen LogP contribution in [0.2, 0.25) is 0 Å². The molecule has 2 rings (SSSR count). The minimum Gasteiger partial charge on any atom is -0.463 e. The molecule has 1 unspecified atom stereocenters. The summed E-state index contributed by atoms with van der Waals surface area (Å²) in [5.41, 5.74) is 0.479. The van der Waals surface area contributed by atoms with Gasteiger partial charge in [0.25, 0.3) is 0 Å². The summed E-state index contributed by atoms with van der Waals surface area (Å²) in [7, 11) is 1.27. The van der Waals surface area contributed by atoms with Gasteiger partial charge in [-0.15, -0.1) is 5.10 Å². The van der Waals surface area contributed by atoms with Gasteiger partial charge in [-0.3, -0.25) is 0 Å². The summed E-state index contributed by atoms with van der Waals surface area (Å²) in [6, 6.07) is 3.01. The van der Waals surface area contributed by atoms with Crippen molar-refractivity contribution in [3.05, 3.63) is 34.2 Å². The van der Waals surface area contributed by atoms with Gasteiger partial charge in [0.2, 0.25) is 5.76 Å². The maximum absolute atomic E-state index is 11.3. The number of rotatable bonds is 3. The molecule has 20 heavy (non-hydrogen) atoms. The van der Waals surface area contributed by atoms with Crippen molar-refractivity contribution in [2.75, 3.05) is 7.11 Å². The van der Waals surface area contributed by atoms with Crippen LogP contribution in [0.3, 0.4) is 0 Å². The molecule has 0 aliphatic carbocycles. The van der Waals surface area contributed by atoms with Crippen LogP contribution in [0.15, 0.2) is 16.5 Å². The average molecular weight is 296 g/mol. The van der Waals surface area contributed by atoms with Crippen LogP contribution in [-0.2, 0) is 10.2 Å². The molecule has 0 fully saturated rings. The molecule has 0 saturated heterocycles. The van der Waals surface area contributed by atoms with E-state index in [1.165, 1.54) is 13.2 Å². The lowest BCUT2D eigenvalue weighted by Gasteiger charge is -2.18. The van der Waals surface area contributed by atoms with Gasteiger partial charge in [0.1, 0.15) is 11.9 Å². The minimum absolute atomic E-state index is 0.0522. The monoisotopic (exact) mass is 296 g/mol. The largest absolute Gasteiger partial charge is 0.463 e. The Morgan fingerprint density at radius 1 is 1.45 bits per heavy atom. The van der Waals surface area contributed by atoms with Gasteiger partial charge >= 0.3 is 5.97 Å². The van der Waals surface area contributed by atoms with E-state index in [4.69, 9.17) is 4.42 Å². The Morgan fingerprint density at radius 3 is 2.75 bits per heavy atom. The SMILES string of the molecule is COC(=O)c1ccc(C(O)c2snnc2C(C)(C)C)o1.